The second kappa shape index (κ2) is 3.48. The van der Waals surface area contributed by atoms with E-state index in [9.17, 15) is 10.2 Å². The van der Waals surface area contributed by atoms with E-state index in [-0.39, 0.29) is 11.5 Å². The van der Waals surface area contributed by atoms with Crippen LogP contribution in [0.4, 0.5) is 0 Å². The van der Waals surface area contributed by atoms with E-state index in [4.69, 9.17) is 0 Å². The molecular formula is C19H24O2. The Morgan fingerprint density at radius 2 is 2.00 bits per heavy atom. The molecule has 5 atom stereocenters. The normalized spacial score (nSPS) is 49.8. The summed E-state index contributed by atoms with van der Waals surface area (Å²) in [6.45, 7) is 2.36. The molecule has 4 aliphatic rings. The fourth-order valence-corrected chi connectivity index (χ4v) is 6.95. The Hall–Kier alpha value is -1.02. The van der Waals surface area contributed by atoms with Crippen LogP contribution in [0.25, 0.3) is 0 Å². The Kier molecular flexibility index (Phi) is 2.08. The smallest absolute Gasteiger partial charge is 0.115 e. The van der Waals surface area contributed by atoms with E-state index in [0.29, 0.717) is 22.5 Å². The molecule has 0 radical (unpaired) electrons. The van der Waals surface area contributed by atoms with E-state index >= 15 is 0 Å². The number of aliphatic hydroxyl groups excluding tert-OH is 1. The first kappa shape index (κ1) is 12.5. The van der Waals surface area contributed by atoms with Gasteiger partial charge in [0, 0.05) is 0 Å². The predicted octanol–water partition coefficient (Wildman–Crippen LogP) is 3.75. The van der Waals surface area contributed by atoms with Gasteiger partial charge in [-0.15, -0.1) is 0 Å². The molecule has 2 nitrogen and oxygen atoms in total. The highest BCUT2D eigenvalue weighted by Crippen LogP contribution is 2.87. The maximum Gasteiger partial charge on any atom is 0.115 e. The third-order valence-electron chi connectivity index (χ3n) is 8.08. The number of aromatic hydroxyl groups is 1. The van der Waals surface area contributed by atoms with Crippen LogP contribution in [0.15, 0.2) is 18.2 Å². The summed E-state index contributed by atoms with van der Waals surface area (Å²) in [6, 6.07) is 6.02. The average Bonchev–Trinajstić information content (AvgIpc) is 3.08. The molecule has 0 aliphatic heterocycles. The third kappa shape index (κ3) is 1.18. The van der Waals surface area contributed by atoms with Crippen molar-refractivity contribution in [3.8, 4) is 5.75 Å². The first-order valence-electron chi connectivity index (χ1n) is 8.52. The molecule has 0 amide bonds. The van der Waals surface area contributed by atoms with Crippen molar-refractivity contribution >= 4 is 0 Å². The summed E-state index contributed by atoms with van der Waals surface area (Å²) in [6.07, 6.45) is 8.23. The van der Waals surface area contributed by atoms with E-state index in [2.05, 4.69) is 13.0 Å². The Balaban J connectivity index is 1.63. The lowest BCUT2D eigenvalue weighted by atomic mass is 9.55. The number of phenols is 1. The van der Waals surface area contributed by atoms with Gasteiger partial charge in [0.25, 0.3) is 0 Å². The summed E-state index contributed by atoms with van der Waals surface area (Å²) in [5, 5.41) is 20.3. The van der Waals surface area contributed by atoms with E-state index in [1.165, 1.54) is 43.2 Å². The summed E-state index contributed by atoms with van der Waals surface area (Å²) in [5.74, 6) is 1.08. The van der Waals surface area contributed by atoms with Crippen molar-refractivity contribution in [1.29, 1.82) is 0 Å². The second-order valence-electron chi connectivity index (χ2n) is 8.36. The van der Waals surface area contributed by atoms with Crippen LogP contribution in [0.2, 0.25) is 0 Å². The van der Waals surface area contributed by atoms with Crippen LogP contribution < -0.4 is 0 Å². The van der Waals surface area contributed by atoms with Crippen LogP contribution in [0.3, 0.4) is 0 Å². The van der Waals surface area contributed by atoms with Crippen LogP contribution in [-0.4, -0.2) is 16.3 Å². The molecule has 1 aromatic carbocycles. The largest absolute Gasteiger partial charge is 0.508 e. The van der Waals surface area contributed by atoms with Gasteiger partial charge in [-0.05, 0) is 90.4 Å². The summed E-state index contributed by atoms with van der Waals surface area (Å²) in [4.78, 5) is 0. The first-order chi connectivity index (χ1) is 10.0. The van der Waals surface area contributed by atoms with E-state index in [0.717, 1.165) is 12.8 Å². The van der Waals surface area contributed by atoms with E-state index in [1.807, 2.05) is 12.1 Å². The standard InChI is InChI=1S/C19H24O2/c1-17-7-5-15-14-3-2-13(20)10-12(14)4-8-18(15)11-19(17,18)9-6-16(17)21/h2-3,10,15-16,20-21H,4-9,11H2,1H3/t15-,16+,17-,18-,19+/m1/s1. The minimum Gasteiger partial charge on any atom is -0.508 e. The SMILES string of the molecule is C[C@]12CC[C@@H]3c4ccc(O)cc4CC[C@@]34C[C@]41CC[C@@H]2O. The van der Waals surface area contributed by atoms with Gasteiger partial charge in [0.2, 0.25) is 0 Å². The zero-order chi connectivity index (χ0) is 14.5. The van der Waals surface area contributed by atoms with Crippen molar-refractivity contribution in [2.75, 3.05) is 0 Å². The lowest BCUT2D eigenvalue weighted by molar-refractivity contribution is -0.0250. The molecule has 4 aliphatic carbocycles. The molecule has 1 aromatic rings. The van der Waals surface area contributed by atoms with Crippen molar-refractivity contribution in [1.82, 2.24) is 0 Å². The van der Waals surface area contributed by atoms with Gasteiger partial charge < -0.3 is 10.2 Å². The number of hydrogen-bond acceptors (Lipinski definition) is 2. The molecule has 0 aromatic heterocycles. The molecule has 0 saturated heterocycles. The lowest BCUT2D eigenvalue weighted by Crippen LogP contribution is -2.43. The van der Waals surface area contributed by atoms with Crippen LogP contribution in [0, 0.1) is 16.2 Å². The highest BCUT2D eigenvalue weighted by Gasteiger charge is 2.81. The fourth-order valence-electron chi connectivity index (χ4n) is 6.95. The van der Waals surface area contributed by atoms with Crippen LogP contribution in [-0.2, 0) is 6.42 Å². The molecule has 21 heavy (non-hydrogen) atoms. The predicted molar refractivity (Wildman–Crippen MR) is 81.2 cm³/mol. The van der Waals surface area contributed by atoms with Crippen molar-refractivity contribution in [2.24, 2.45) is 16.2 Å². The Bertz CT molecular complexity index is 638. The highest BCUT2D eigenvalue weighted by molar-refractivity contribution is 5.46. The molecule has 3 fully saturated rings. The molecule has 5 rings (SSSR count). The Labute approximate surface area is 126 Å². The molecule has 3 saturated carbocycles. The molecular weight excluding hydrogens is 260 g/mol. The quantitative estimate of drug-likeness (QED) is 0.761. The lowest BCUT2D eigenvalue weighted by Gasteiger charge is -2.49. The monoisotopic (exact) mass is 284 g/mol. The van der Waals surface area contributed by atoms with Crippen molar-refractivity contribution in [3.05, 3.63) is 29.3 Å². The minimum absolute atomic E-state index is 0.0842. The van der Waals surface area contributed by atoms with Gasteiger partial charge in [0.1, 0.15) is 5.75 Å². The van der Waals surface area contributed by atoms with Gasteiger partial charge in [-0.25, -0.2) is 0 Å². The van der Waals surface area contributed by atoms with Gasteiger partial charge in [-0.3, -0.25) is 0 Å². The van der Waals surface area contributed by atoms with E-state index in [1.54, 1.807) is 0 Å². The number of rotatable bonds is 0. The maximum absolute atomic E-state index is 10.6. The van der Waals surface area contributed by atoms with Gasteiger partial charge >= 0.3 is 0 Å². The third-order valence-corrected chi connectivity index (χ3v) is 8.08. The summed E-state index contributed by atoms with van der Waals surface area (Å²) >= 11 is 0. The Morgan fingerprint density at radius 3 is 2.86 bits per heavy atom. The molecule has 0 heterocycles. The highest BCUT2D eigenvalue weighted by atomic mass is 16.3. The number of aryl methyl sites for hydroxylation is 1. The number of hydrogen-bond donors (Lipinski definition) is 2. The van der Waals surface area contributed by atoms with E-state index < -0.39 is 0 Å². The molecule has 112 valence electrons. The number of fused-ring (bicyclic) bond motifs is 2. The zero-order valence-corrected chi connectivity index (χ0v) is 12.7. The average molecular weight is 284 g/mol. The number of benzene rings is 1. The second-order valence-corrected chi connectivity index (χ2v) is 8.36. The van der Waals surface area contributed by atoms with Gasteiger partial charge in [0.15, 0.2) is 0 Å². The Morgan fingerprint density at radius 1 is 1.14 bits per heavy atom. The summed E-state index contributed by atoms with van der Waals surface area (Å²) in [5.41, 5.74) is 3.91. The van der Waals surface area contributed by atoms with Crippen molar-refractivity contribution < 1.29 is 10.2 Å². The molecule has 2 heteroatoms. The fraction of sp³-hybridized carbons (Fsp3) is 0.684. The number of phenolic OH excluding ortho intramolecular Hbond substituents is 1. The molecule has 2 N–H and O–H groups in total. The van der Waals surface area contributed by atoms with Gasteiger partial charge in [0.05, 0.1) is 6.10 Å². The van der Waals surface area contributed by atoms with Crippen LogP contribution in [0.5, 0.6) is 5.75 Å². The van der Waals surface area contributed by atoms with Crippen LogP contribution >= 0.6 is 0 Å². The molecule has 2 spiro atoms. The summed E-state index contributed by atoms with van der Waals surface area (Å²) < 4.78 is 0. The van der Waals surface area contributed by atoms with Crippen molar-refractivity contribution in [2.45, 2.75) is 63.9 Å². The molecule has 0 bridgehead atoms. The van der Waals surface area contributed by atoms with Crippen LogP contribution in [0.1, 0.15) is 62.5 Å². The number of aliphatic hydroxyl groups is 1. The topological polar surface area (TPSA) is 40.5 Å². The molecule has 0 unspecified atom stereocenters. The first-order valence-corrected chi connectivity index (χ1v) is 8.52. The summed E-state index contributed by atoms with van der Waals surface area (Å²) in [7, 11) is 0. The zero-order valence-electron chi connectivity index (χ0n) is 12.7. The van der Waals surface area contributed by atoms with Gasteiger partial charge in [-0.1, -0.05) is 13.0 Å². The van der Waals surface area contributed by atoms with Crippen molar-refractivity contribution in [3.63, 3.8) is 0 Å². The maximum atomic E-state index is 10.6. The minimum atomic E-state index is -0.0842. The van der Waals surface area contributed by atoms with Gasteiger partial charge in [-0.2, -0.15) is 0 Å².